The lowest BCUT2D eigenvalue weighted by atomic mass is 10.3. The number of aryl methyl sites for hydroxylation is 1. The van der Waals surface area contributed by atoms with Gasteiger partial charge in [0.2, 0.25) is 5.91 Å². The summed E-state index contributed by atoms with van der Waals surface area (Å²) in [4.78, 5) is 21.7. The van der Waals surface area contributed by atoms with Crippen molar-refractivity contribution >= 4 is 33.4 Å². The second-order valence-corrected chi connectivity index (χ2v) is 6.30. The average Bonchev–Trinajstić information content (AvgIpc) is 2.90. The number of carbonyl (C=O) groups is 2. The molecule has 9 nitrogen and oxygen atoms in total. The van der Waals surface area contributed by atoms with Crippen LogP contribution in [-0.4, -0.2) is 30.6 Å². The smallest absolute Gasteiger partial charge is 0.328 e. The van der Waals surface area contributed by atoms with Crippen molar-refractivity contribution in [3.05, 3.63) is 48.2 Å². The minimum Gasteiger partial charge on any atom is -0.478 e. The SMILES string of the molecule is Cc1cc(NS(=O)(=O)c2ccc(NC(=O)/C=C/C(=O)O)cc2)no1. The summed E-state index contributed by atoms with van der Waals surface area (Å²) < 4.78 is 31.4. The predicted octanol–water partition coefficient (Wildman–Crippen LogP) is 1.36. The number of aromatic nitrogens is 1. The van der Waals surface area contributed by atoms with Gasteiger partial charge in [-0.15, -0.1) is 0 Å². The summed E-state index contributed by atoms with van der Waals surface area (Å²) in [7, 11) is -3.84. The summed E-state index contributed by atoms with van der Waals surface area (Å²) in [6.07, 6.45) is 1.54. The summed E-state index contributed by atoms with van der Waals surface area (Å²) in [5, 5.41) is 14.4. The maximum atomic E-state index is 12.2. The van der Waals surface area contributed by atoms with Crippen LogP contribution in [0.4, 0.5) is 11.5 Å². The Bertz CT molecular complexity index is 883. The number of amides is 1. The minimum atomic E-state index is -3.84. The van der Waals surface area contributed by atoms with E-state index in [-0.39, 0.29) is 10.7 Å². The Morgan fingerprint density at radius 2 is 1.88 bits per heavy atom. The lowest BCUT2D eigenvalue weighted by molar-refractivity contribution is -0.131. The Morgan fingerprint density at radius 3 is 2.42 bits per heavy atom. The number of benzene rings is 1. The Hall–Kier alpha value is -3.14. The monoisotopic (exact) mass is 351 g/mol. The normalized spacial score (nSPS) is 11.4. The molecule has 0 aliphatic carbocycles. The van der Waals surface area contributed by atoms with Gasteiger partial charge in [-0.25, -0.2) is 13.2 Å². The number of nitrogens with zero attached hydrogens (tertiary/aromatic N) is 1. The summed E-state index contributed by atoms with van der Waals surface area (Å²) in [6.45, 7) is 1.63. The first-order chi connectivity index (χ1) is 11.3. The zero-order valence-corrected chi connectivity index (χ0v) is 13.2. The van der Waals surface area contributed by atoms with Crippen LogP contribution in [0.3, 0.4) is 0 Å². The van der Waals surface area contributed by atoms with Crippen molar-refractivity contribution in [2.75, 3.05) is 10.0 Å². The van der Waals surface area contributed by atoms with Crippen molar-refractivity contribution in [3.8, 4) is 0 Å². The zero-order valence-electron chi connectivity index (χ0n) is 12.4. The van der Waals surface area contributed by atoms with E-state index >= 15 is 0 Å². The largest absolute Gasteiger partial charge is 0.478 e. The highest BCUT2D eigenvalue weighted by molar-refractivity contribution is 7.92. The first-order valence-electron chi connectivity index (χ1n) is 6.54. The number of aliphatic carboxylic acids is 1. The number of carboxylic acid groups (broad SMARTS) is 1. The van der Waals surface area contributed by atoms with Gasteiger partial charge < -0.3 is 14.9 Å². The van der Waals surface area contributed by atoms with Gasteiger partial charge in [-0.2, -0.15) is 0 Å². The molecule has 0 unspecified atom stereocenters. The number of carbonyl (C=O) groups excluding carboxylic acids is 1. The number of rotatable bonds is 6. The number of anilines is 2. The molecule has 0 radical (unpaired) electrons. The molecule has 2 rings (SSSR count). The molecule has 3 N–H and O–H groups in total. The highest BCUT2D eigenvalue weighted by Crippen LogP contribution is 2.18. The van der Waals surface area contributed by atoms with E-state index < -0.39 is 21.9 Å². The van der Waals surface area contributed by atoms with Gasteiger partial charge in [0.25, 0.3) is 10.0 Å². The van der Waals surface area contributed by atoms with Crippen LogP contribution in [0.15, 0.2) is 51.9 Å². The second-order valence-electron chi connectivity index (χ2n) is 4.61. The van der Waals surface area contributed by atoms with Crippen LogP contribution in [0.5, 0.6) is 0 Å². The Balaban J connectivity index is 2.08. The van der Waals surface area contributed by atoms with Crippen LogP contribution >= 0.6 is 0 Å². The third kappa shape index (κ3) is 4.68. The lowest BCUT2D eigenvalue weighted by Crippen LogP contribution is -2.13. The zero-order chi connectivity index (χ0) is 17.7. The third-order valence-corrected chi connectivity index (χ3v) is 4.05. The Kier molecular flexibility index (Phi) is 4.99. The van der Waals surface area contributed by atoms with Gasteiger partial charge in [-0.3, -0.25) is 9.52 Å². The number of nitrogens with one attached hydrogen (secondary N) is 2. The molecule has 0 fully saturated rings. The summed E-state index contributed by atoms with van der Waals surface area (Å²) in [5.41, 5.74) is 0.311. The van der Waals surface area contributed by atoms with Crippen LogP contribution in [0.2, 0.25) is 0 Å². The maximum absolute atomic E-state index is 12.2. The van der Waals surface area contributed by atoms with E-state index in [4.69, 9.17) is 9.63 Å². The first kappa shape index (κ1) is 17.2. The standard InChI is InChI=1S/C14H13N3O6S/c1-9-8-12(16-23-9)17-24(21,22)11-4-2-10(3-5-11)15-13(18)6-7-14(19)20/h2-8H,1H3,(H,15,18)(H,16,17)(H,19,20)/b7-6+. The maximum Gasteiger partial charge on any atom is 0.328 e. The molecule has 0 bridgehead atoms. The molecule has 0 atom stereocenters. The van der Waals surface area contributed by atoms with Crippen molar-refractivity contribution < 1.29 is 27.6 Å². The van der Waals surface area contributed by atoms with E-state index in [2.05, 4.69) is 15.2 Å². The molecule has 126 valence electrons. The highest BCUT2D eigenvalue weighted by atomic mass is 32.2. The molecular formula is C14H13N3O6S. The molecule has 1 aromatic heterocycles. The van der Waals surface area contributed by atoms with Gasteiger partial charge in [0.15, 0.2) is 5.82 Å². The number of hydrogen-bond donors (Lipinski definition) is 3. The van der Waals surface area contributed by atoms with Crippen LogP contribution < -0.4 is 10.0 Å². The molecule has 2 aromatic rings. The van der Waals surface area contributed by atoms with E-state index in [1.165, 1.54) is 30.3 Å². The molecule has 1 aromatic carbocycles. The van der Waals surface area contributed by atoms with Crippen molar-refractivity contribution in [2.24, 2.45) is 0 Å². The molecule has 0 saturated heterocycles. The first-order valence-corrected chi connectivity index (χ1v) is 8.03. The number of hydrogen-bond acceptors (Lipinski definition) is 6. The van der Waals surface area contributed by atoms with Gasteiger partial charge in [0, 0.05) is 23.9 Å². The van der Waals surface area contributed by atoms with Crippen molar-refractivity contribution in [3.63, 3.8) is 0 Å². The molecule has 0 aliphatic heterocycles. The van der Waals surface area contributed by atoms with E-state index in [9.17, 15) is 18.0 Å². The fourth-order valence-electron chi connectivity index (χ4n) is 1.66. The van der Waals surface area contributed by atoms with Gasteiger partial charge in [0.05, 0.1) is 4.90 Å². The molecular weight excluding hydrogens is 338 g/mol. The topological polar surface area (TPSA) is 139 Å². The summed E-state index contributed by atoms with van der Waals surface area (Å²) >= 11 is 0. The van der Waals surface area contributed by atoms with Gasteiger partial charge in [-0.1, -0.05) is 5.16 Å². The van der Waals surface area contributed by atoms with Gasteiger partial charge in [0.1, 0.15) is 5.76 Å². The average molecular weight is 351 g/mol. The van der Waals surface area contributed by atoms with Crippen LogP contribution in [0.25, 0.3) is 0 Å². The van der Waals surface area contributed by atoms with E-state index in [1.54, 1.807) is 6.92 Å². The fraction of sp³-hybridized carbons (Fsp3) is 0.0714. The van der Waals surface area contributed by atoms with Crippen LogP contribution in [0.1, 0.15) is 5.76 Å². The van der Waals surface area contributed by atoms with E-state index in [0.29, 0.717) is 17.5 Å². The van der Waals surface area contributed by atoms with Gasteiger partial charge >= 0.3 is 5.97 Å². The number of carboxylic acids is 1. The lowest BCUT2D eigenvalue weighted by Gasteiger charge is -2.06. The quantitative estimate of drug-likeness (QED) is 0.668. The van der Waals surface area contributed by atoms with Crippen molar-refractivity contribution in [1.82, 2.24) is 5.16 Å². The predicted molar refractivity (Wildman–Crippen MR) is 83.9 cm³/mol. The minimum absolute atomic E-state index is 0.0396. The van der Waals surface area contributed by atoms with E-state index in [1.807, 2.05) is 0 Å². The molecule has 1 amide bonds. The molecule has 0 saturated carbocycles. The van der Waals surface area contributed by atoms with Gasteiger partial charge in [-0.05, 0) is 31.2 Å². The molecule has 0 aliphatic rings. The Labute approximate surface area is 137 Å². The second kappa shape index (κ2) is 6.96. The van der Waals surface area contributed by atoms with Crippen LogP contribution in [-0.2, 0) is 19.6 Å². The molecule has 1 heterocycles. The van der Waals surface area contributed by atoms with E-state index in [0.717, 1.165) is 6.08 Å². The highest BCUT2D eigenvalue weighted by Gasteiger charge is 2.16. The molecule has 0 spiro atoms. The fourth-order valence-corrected chi connectivity index (χ4v) is 2.64. The van der Waals surface area contributed by atoms with Crippen molar-refractivity contribution in [2.45, 2.75) is 11.8 Å². The Morgan fingerprint density at radius 1 is 1.21 bits per heavy atom. The molecule has 10 heteroatoms. The summed E-state index contributed by atoms with van der Waals surface area (Å²) in [6, 6.07) is 6.74. The number of sulfonamides is 1. The van der Waals surface area contributed by atoms with Crippen LogP contribution in [0, 0.1) is 6.92 Å². The van der Waals surface area contributed by atoms with Crippen molar-refractivity contribution in [1.29, 1.82) is 0 Å². The third-order valence-electron chi connectivity index (χ3n) is 2.68. The molecule has 24 heavy (non-hydrogen) atoms. The summed E-state index contributed by atoms with van der Waals surface area (Å²) in [5.74, 6) is -1.38.